The highest BCUT2D eigenvalue weighted by atomic mass is 35.5. The molecule has 19 heavy (non-hydrogen) atoms. The van der Waals surface area contributed by atoms with E-state index < -0.39 is 0 Å². The quantitative estimate of drug-likeness (QED) is 0.817. The van der Waals surface area contributed by atoms with E-state index in [0.29, 0.717) is 18.5 Å². The van der Waals surface area contributed by atoms with Gasteiger partial charge in [0.15, 0.2) is 0 Å². The average Bonchev–Trinajstić information content (AvgIpc) is 2.26. The topological polar surface area (TPSA) is 15.3 Å². The molecule has 0 aliphatic heterocycles. The Hall–Kier alpha value is -0.280. The highest BCUT2D eigenvalue weighted by Gasteiger charge is 2.13. The number of nitrogens with one attached hydrogen (secondary N) is 1. The molecule has 0 spiro atoms. The third-order valence-corrected chi connectivity index (χ3v) is 3.68. The van der Waals surface area contributed by atoms with Gasteiger partial charge in [-0.1, -0.05) is 43.1 Å². The smallest absolute Gasteiger partial charge is 0.0465 e. The highest BCUT2D eigenvalue weighted by molar-refractivity contribution is 6.35. The first-order valence-electron chi connectivity index (χ1n) is 6.71. The summed E-state index contributed by atoms with van der Waals surface area (Å²) >= 11 is 12.4. The number of nitrogens with zero attached hydrogens (tertiary/aromatic N) is 1. The lowest BCUT2D eigenvalue weighted by Gasteiger charge is -2.24. The van der Waals surface area contributed by atoms with Crippen LogP contribution in [0.3, 0.4) is 0 Å². The van der Waals surface area contributed by atoms with Crippen LogP contribution in [0.4, 0.5) is 0 Å². The lowest BCUT2D eigenvalue weighted by atomic mass is 10.0. The van der Waals surface area contributed by atoms with Crippen LogP contribution in [0.15, 0.2) is 18.2 Å². The number of likely N-dealkylation sites (N-methyl/N-ethyl adjacent to an activating group) is 1. The van der Waals surface area contributed by atoms with Crippen LogP contribution in [0.2, 0.25) is 10.0 Å². The van der Waals surface area contributed by atoms with Crippen molar-refractivity contribution in [3.8, 4) is 0 Å². The van der Waals surface area contributed by atoms with E-state index in [0.717, 1.165) is 28.6 Å². The zero-order valence-electron chi connectivity index (χ0n) is 12.2. The summed E-state index contributed by atoms with van der Waals surface area (Å²) in [6.07, 6.45) is 1.14. The maximum atomic E-state index is 6.19. The van der Waals surface area contributed by atoms with E-state index in [1.54, 1.807) is 0 Å². The molecule has 1 rings (SSSR count). The van der Waals surface area contributed by atoms with Gasteiger partial charge >= 0.3 is 0 Å². The van der Waals surface area contributed by atoms with Gasteiger partial charge in [0.1, 0.15) is 0 Å². The van der Waals surface area contributed by atoms with E-state index in [-0.39, 0.29) is 0 Å². The molecule has 0 aromatic heterocycles. The van der Waals surface area contributed by atoms with E-state index in [1.807, 2.05) is 18.2 Å². The van der Waals surface area contributed by atoms with Gasteiger partial charge in [-0.05, 0) is 38.6 Å². The van der Waals surface area contributed by atoms with Crippen LogP contribution in [0.25, 0.3) is 0 Å². The summed E-state index contributed by atoms with van der Waals surface area (Å²) in [4.78, 5) is 2.20. The first-order chi connectivity index (χ1) is 8.90. The molecular formula is C15H24Cl2N2. The van der Waals surface area contributed by atoms with Gasteiger partial charge in [-0.15, -0.1) is 0 Å². The van der Waals surface area contributed by atoms with Crippen LogP contribution < -0.4 is 5.32 Å². The Balaban J connectivity index is 2.64. The van der Waals surface area contributed by atoms with Crippen LogP contribution in [0.1, 0.15) is 25.8 Å². The largest absolute Gasteiger partial charge is 0.309 e. The average molecular weight is 303 g/mol. The van der Waals surface area contributed by atoms with E-state index in [9.17, 15) is 0 Å². The standard InChI is InChI=1S/C15H24Cl2N2/c1-11(2)8-12(10-19(3)4)18-9-13-14(16)6-5-7-15(13)17/h5-7,11-12,18H,8-10H2,1-4H3. The molecule has 0 bridgehead atoms. The number of rotatable bonds is 7. The Labute approximate surface area is 127 Å². The molecule has 0 aliphatic rings. The normalized spacial score (nSPS) is 13.3. The van der Waals surface area contributed by atoms with Gasteiger partial charge < -0.3 is 10.2 Å². The number of benzene rings is 1. The molecule has 0 saturated heterocycles. The molecule has 1 aromatic carbocycles. The molecular weight excluding hydrogens is 279 g/mol. The summed E-state index contributed by atoms with van der Waals surface area (Å²) in [6, 6.07) is 6.09. The minimum atomic E-state index is 0.447. The molecule has 0 amide bonds. The van der Waals surface area contributed by atoms with Crippen molar-refractivity contribution in [1.29, 1.82) is 0 Å². The minimum Gasteiger partial charge on any atom is -0.309 e. The summed E-state index contributed by atoms with van der Waals surface area (Å²) < 4.78 is 0. The highest BCUT2D eigenvalue weighted by Crippen LogP contribution is 2.24. The molecule has 1 unspecified atom stereocenters. The Morgan fingerprint density at radius 1 is 1.16 bits per heavy atom. The predicted molar refractivity (Wildman–Crippen MR) is 85.1 cm³/mol. The second kappa shape index (κ2) is 8.11. The van der Waals surface area contributed by atoms with Gasteiger partial charge in [0.2, 0.25) is 0 Å². The second-order valence-electron chi connectivity index (χ2n) is 5.67. The summed E-state index contributed by atoms with van der Waals surface area (Å²) in [5.41, 5.74) is 0.985. The fourth-order valence-electron chi connectivity index (χ4n) is 2.18. The molecule has 0 heterocycles. The maximum absolute atomic E-state index is 6.19. The van der Waals surface area contributed by atoms with E-state index in [4.69, 9.17) is 23.2 Å². The summed E-state index contributed by atoms with van der Waals surface area (Å²) in [5, 5.41) is 5.03. The summed E-state index contributed by atoms with van der Waals surface area (Å²) in [6.45, 7) is 6.21. The van der Waals surface area contributed by atoms with E-state index in [2.05, 4.69) is 38.2 Å². The molecule has 0 saturated carbocycles. The third kappa shape index (κ3) is 6.13. The van der Waals surface area contributed by atoms with E-state index >= 15 is 0 Å². The first kappa shape index (κ1) is 16.8. The van der Waals surface area contributed by atoms with Crippen LogP contribution in [0, 0.1) is 5.92 Å². The van der Waals surface area contributed by atoms with Gasteiger partial charge in [-0.3, -0.25) is 0 Å². The third-order valence-electron chi connectivity index (χ3n) is 2.97. The predicted octanol–water partition coefficient (Wildman–Crippen LogP) is 4.06. The number of hydrogen-bond acceptors (Lipinski definition) is 2. The zero-order valence-corrected chi connectivity index (χ0v) is 13.7. The second-order valence-corrected chi connectivity index (χ2v) is 6.48. The molecule has 0 aliphatic carbocycles. The Morgan fingerprint density at radius 2 is 1.74 bits per heavy atom. The fourth-order valence-corrected chi connectivity index (χ4v) is 2.71. The van der Waals surface area contributed by atoms with Crippen molar-refractivity contribution in [3.05, 3.63) is 33.8 Å². The van der Waals surface area contributed by atoms with Crippen molar-refractivity contribution in [1.82, 2.24) is 10.2 Å². The number of hydrogen-bond donors (Lipinski definition) is 1. The number of halogens is 2. The van der Waals surface area contributed by atoms with Crippen LogP contribution in [-0.4, -0.2) is 31.6 Å². The van der Waals surface area contributed by atoms with Gasteiger partial charge in [0.05, 0.1) is 0 Å². The minimum absolute atomic E-state index is 0.447. The van der Waals surface area contributed by atoms with Crippen molar-refractivity contribution in [3.63, 3.8) is 0 Å². The van der Waals surface area contributed by atoms with Gasteiger partial charge in [0.25, 0.3) is 0 Å². The SMILES string of the molecule is CC(C)CC(CN(C)C)NCc1c(Cl)cccc1Cl. The van der Waals surface area contributed by atoms with Gasteiger partial charge in [-0.25, -0.2) is 0 Å². The summed E-state index contributed by atoms with van der Waals surface area (Å²) in [5.74, 6) is 0.666. The maximum Gasteiger partial charge on any atom is 0.0465 e. The molecule has 0 fully saturated rings. The molecule has 1 N–H and O–H groups in total. The van der Waals surface area contributed by atoms with Crippen molar-refractivity contribution in [2.45, 2.75) is 32.9 Å². The Kier molecular flexibility index (Phi) is 7.16. The fraction of sp³-hybridized carbons (Fsp3) is 0.600. The molecule has 1 aromatic rings. The van der Waals surface area contributed by atoms with Crippen molar-refractivity contribution >= 4 is 23.2 Å². The van der Waals surface area contributed by atoms with Crippen LogP contribution >= 0.6 is 23.2 Å². The van der Waals surface area contributed by atoms with E-state index in [1.165, 1.54) is 0 Å². The Morgan fingerprint density at radius 3 is 2.21 bits per heavy atom. The molecule has 108 valence electrons. The van der Waals surface area contributed by atoms with Crippen molar-refractivity contribution in [2.24, 2.45) is 5.92 Å². The van der Waals surface area contributed by atoms with Crippen molar-refractivity contribution in [2.75, 3.05) is 20.6 Å². The van der Waals surface area contributed by atoms with Crippen LogP contribution in [0.5, 0.6) is 0 Å². The van der Waals surface area contributed by atoms with Gasteiger partial charge in [0, 0.05) is 34.7 Å². The monoisotopic (exact) mass is 302 g/mol. The molecule has 1 atom stereocenters. The van der Waals surface area contributed by atoms with Gasteiger partial charge in [-0.2, -0.15) is 0 Å². The molecule has 0 radical (unpaired) electrons. The summed E-state index contributed by atoms with van der Waals surface area (Å²) in [7, 11) is 4.19. The lowest BCUT2D eigenvalue weighted by molar-refractivity contribution is 0.305. The van der Waals surface area contributed by atoms with Crippen molar-refractivity contribution < 1.29 is 0 Å². The first-order valence-corrected chi connectivity index (χ1v) is 7.46. The molecule has 4 heteroatoms. The lowest BCUT2D eigenvalue weighted by Crippen LogP contribution is -2.38. The Bertz CT molecular complexity index is 361. The zero-order chi connectivity index (χ0) is 14.4. The molecule has 2 nitrogen and oxygen atoms in total. The van der Waals surface area contributed by atoms with Crippen LogP contribution in [-0.2, 0) is 6.54 Å².